The number of ether oxygens (including phenoxy) is 2. The van der Waals surface area contributed by atoms with E-state index in [1.165, 1.54) is 0 Å². The Morgan fingerprint density at radius 1 is 0.923 bits per heavy atom. The van der Waals surface area contributed by atoms with Crippen molar-refractivity contribution in [1.82, 2.24) is 0 Å². The SMILES string of the molecule is Cl/C(C1=N[C@@H](c2ccccc2)CO1)=C1/[N-][C@@H](c2ccccc2)CO1.[Cl-].[Mg+2]. The minimum absolute atomic E-state index is 0. The molecule has 0 aliphatic carbocycles. The molecule has 2 aromatic carbocycles. The van der Waals surface area contributed by atoms with E-state index in [0.717, 1.165) is 11.1 Å². The Morgan fingerprint density at radius 2 is 1.54 bits per heavy atom. The van der Waals surface area contributed by atoms with Gasteiger partial charge in [-0.1, -0.05) is 83.9 Å². The van der Waals surface area contributed by atoms with Gasteiger partial charge in [0.15, 0.2) is 0 Å². The summed E-state index contributed by atoms with van der Waals surface area (Å²) < 4.78 is 11.3. The van der Waals surface area contributed by atoms with Gasteiger partial charge in [0.05, 0.1) is 6.61 Å². The molecule has 0 radical (unpaired) electrons. The predicted molar refractivity (Wildman–Crippen MR) is 99.7 cm³/mol. The van der Waals surface area contributed by atoms with Crippen molar-refractivity contribution in [2.75, 3.05) is 13.2 Å². The van der Waals surface area contributed by atoms with E-state index < -0.39 is 0 Å². The van der Waals surface area contributed by atoms with Crippen molar-refractivity contribution in [2.24, 2.45) is 4.99 Å². The van der Waals surface area contributed by atoms with Crippen molar-refractivity contribution in [3.63, 3.8) is 0 Å². The van der Waals surface area contributed by atoms with E-state index in [4.69, 9.17) is 21.1 Å². The van der Waals surface area contributed by atoms with E-state index in [1.807, 2.05) is 60.7 Å². The second kappa shape index (κ2) is 9.51. The normalized spacial score (nSPS) is 22.7. The molecule has 26 heavy (non-hydrogen) atoms. The summed E-state index contributed by atoms with van der Waals surface area (Å²) in [7, 11) is 0. The van der Waals surface area contributed by atoms with Gasteiger partial charge in [-0.3, -0.25) is 0 Å². The number of benzene rings is 2. The van der Waals surface area contributed by atoms with Crippen LogP contribution in [0.25, 0.3) is 5.32 Å². The molecule has 1 fully saturated rings. The zero-order valence-corrected chi connectivity index (χ0v) is 16.9. The Morgan fingerprint density at radius 3 is 2.19 bits per heavy atom. The molecule has 2 atom stereocenters. The Bertz CT molecular complexity index is 785. The molecule has 1 saturated heterocycles. The molecule has 130 valence electrons. The van der Waals surface area contributed by atoms with E-state index in [2.05, 4.69) is 10.3 Å². The maximum Gasteiger partial charge on any atom is 2.00 e. The largest absolute Gasteiger partial charge is 2.00 e. The number of hydrogen-bond donors (Lipinski definition) is 0. The summed E-state index contributed by atoms with van der Waals surface area (Å²) in [5.41, 5.74) is 2.21. The summed E-state index contributed by atoms with van der Waals surface area (Å²) >= 11 is 6.40. The average molecular weight is 400 g/mol. The molecule has 0 spiro atoms. The zero-order chi connectivity index (χ0) is 16.4. The Kier molecular flexibility index (Phi) is 7.64. The van der Waals surface area contributed by atoms with Crippen LogP contribution in [0, 0.1) is 0 Å². The number of aliphatic imine (C=N–C) groups is 1. The van der Waals surface area contributed by atoms with E-state index in [-0.39, 0.29) is 47.5 Å². The Hall–Kier alpha value is -1.40. The second-order valence-electron chi connectivity index (χ2n) is 5.66. The van der Waals surface area contributed by atoms with Crippen molar-refractivity contribution in [3.05, 3.63) is 88.0 Å². The molecule has 4 rings (SSSR count). The minimum Gasteiger partial charge on any atom is -1.00 e. The second-order valence-corrected chi connectivity index (χ2v) is 6.04. The topological polar surface area (TPSA) is 44.9 Å². The van der Waals surface area contributed by atoms with Gasteiger partial charge in [-0.2, -0.15) is 0 Å². The summed E-state index contributed by atoms with van der Waals surface area (Å²) in [5.74, 6) is 0.802. The first-order valence-corrected chi connectivity index (χ1v) is 8.23. The summed E-state index contributed by atoms with van der Waals surface area (Å²) in [4.78, 5) is 4.57. The molecule has 0 amide bonds. The average Bonchev–Trinajstić information content (AvgIpc) is 3.33. The van der Waals surface area contributed by atoms with Gasteiger partial charge in [-0.05, 0) is 5.56 Å². The summed E-state index contributed by atoms with van der Waals surface area (Å²) in [5, 5.41) is 4.90. The molecule has 0 bridgehead atoms. The van der Waals surface area contributed by atoms with Gasteiger partial charge in [0.25, 0.3) is 0 Å². The van der Waals surface area contributed by atoms with Gasteiger partial charge in [0.2, 0.25) is 5.90 Å². The van der Waals surface area contributed by atoms with Crippen LogP contribution in [-0.2, 0) is 9.47 Å². The van der Waals surface area contributed by atoms with Crippen molar-refractivity contribution in [3.8, 4) is 0 Å². The third-order valence-corrected chi connectivity index (χ3v) is 4.37. The van der Waals surface area contributed by atoms with E-state index in [9.17, 15) is 0 Å². The molecule has 0 saturated carbocycles. The van der Waals surface area contributed by atoms with Crippen LogP contribution < -0.4 is 12.4 Å². The maximum atomic E-state index is 6.40. The fraction of sp³-hybridized carbons (Fsp3) is 0.211. The molecular weight excluding hydrogens is 383 g/mol. The monoisotopic (exact) mass is 398 g/mol. The molecule has 0 N–H and O–H groups in total. The fourth-order valence-corrected chi connectivity index (χ4v) is 2.98. The van der Waals surface area contributed by atoms with Crippen LogP contribution in [0.15, 0.2) is 76.6 Å². The fourth-order valence-electron chi connectivity index (χ4n) is 2.77. The molecular formula is C19H16Cl2MgN2O2. The standard InChI is InChI=1S/C19H16ClN2O2.ClH.Mg/c20-17(18-21-15(11-23-18)13-7-3-1-4-8-13)19-22-16(12-24-19)14-9-5-2-6-10-14;;/h1-10,15-16H,11-12H2;1H;/q-1;;+2/p-1/b18-17-;;/t15-,16-;;/m1../s1. The Labute approximate surface area is 180 Å². The van der Waals surface area contributed by atoms with Gasteiger partial charge in [-0.15, -0.1) is 0 Å². The van der Waals surface area contributed by atoms with E-state index >= 15 is 0 Å². The van der Waals surface area contributed by atoms with Crippen molar-refractivity contribution in [1.29, 1.82) is 0 Å². The summed E-state index contributed by atoms with van der Waals surface area (Å²) in [6.07, 6.45) is 0. The number of hydrogen-bond acceptors (Lipinski definition) is 3. The van der Waals surface area contributed by atoms with Gasteiger partial charge >= 0.3 is 23.1 Å². The van der Waals surface area contributed by atoms with Gasteiger partial charge in [0, 0.05) is 5.88 Å². The minimum atomic E-state index is -0.0399. The molecule has 2 aromatic rings. The zero-order valence-electron chi connectivity index (χ0n) is 14.0. The maximum absolute atomic E-state index is 6.40. The molecule has 2 aliphatic heterocycles. The third kappa shape index (κ3) is 4.46. The first kappa shape index (κ1) is 20.9. The van der Waals surface area contributed by atoms with E-state index in [1.54, 1.807) is 0 Å². The third-order valence-electron chi connectivity index (χ3n) is 4.05. The summed E-state index contributed by atoms with van der Waals surface area (Å²) in [6, 6.07) is 20.0. The number of rotatable bonds is 3. The molecule has 0 unspecified atom stereocenters. The van der Waals surface area contributed by atoms with Crippen molar-refractivity contribution < 1.29 is 21.9 Å². The van der Waals surface area contributed by atoms with Gasteiger partial charge in [-0.25, -0.2) is 4.99 Å². The van der Waals surface area contributed by atoms with Crippen molar-refractivity contribution in [2.45, 2.75) is 12.1 Å². The van der Waals surface area contributed by atoms with Crippen LogP contribution in [0.4, 0.5) is 0 Å². The van der Waals surface area contributed by atoms with Crippen LogP contribution in [-0.4, -0.2) is 42.2 Å². The quantitative estimate of drug-likeness (QED) is 0.731. The van der Waals surface area contributed by atoms with Crippen LogP contribution in [0.1, 0.15) is 23.2 Å². The first-order chi connectivity index (χ1) is 11.8. The van der Waals surface area contributed by atoms with Crippen LogP contribution in [0.5, 0.6) is 0 Å². The van der Waals surface area contributed by atoms with Crippen LogP contribution in [0.2, 0.25) is 0 Å². The smallest absolute Gasteiger partial charge is 1.00 e. The molecule has 0 aromatic heterocycles. The number of halogens is 2. The van der Waals surface area contributed by atoms with Gasteiger partial charge in [0.1, 0.15) is 17.7 Å². The van der Waals surface area contributed by atoms with Gasteiger partial charge < -0.3 is 27.2 Å². The van der Waals surface area contributed by atoms with Crippen LogP contribution >= 0.6 is 11.6 Å². The molecule has 7 heteroatoms. The van der Waals surface area contributed by atoms with Crippen LogP contribution in [0.3, 0.4) is 0 Å². The van der Waals surface area contributed by atoms with E-state index in [0.29, 0.717) is 30.0 Å². The van der Waals surface area contributed by atoms with Crippen molar-refractivity contribution >= 4 is 40.6 Å². The molecule has 2 heterocycles. The number of nitrogens with zero attached hydrogens (tertiary/aromatic N) is 2. The predicted octanol–water partition coefficient (Wildman–Crippen LogP) is 1.33. The molecule has 4 nitrogen and oxygen atoms in total. The first-order valence-electron chi connectivity index (χ1n) is 7.85. The molecule has 2 aliphatic rings. The Balaban J connectivity index is 0.00000121. The summed E-state index contributed by atoms with van der Waals surface area (Å²) in [6.45, 7) is 0.954.